The van der Waals surface area contributed by atoms with Crippen LogP contribution in [0.3, 0.4) is 0 Å². The largest absolute Gasteiger partial charge is 0.354 e. The molecule has 0 spiro atoms. The Morgan fingerprint density at radius 2 is 1.92 bits per heavy atom. The smallest absolute Gasteiger partial charge is 0.269 e. The molecule has 2 N–H and O–H groups in total. The van der Waals surface area contributed by atoms with E-state index in [9.17, 15) is 13.2 Å². The summed E-state index contributed by atoms with van der Waals surface area (Å²) in [5, 5.41) is 15.4. The zero-order chi connectivity index (χ0) is 25.4. The molecule has 1 fully saturated rings. The van der Waals surface area contributed by atoms with Crippen molar-refractivity contribution in [2.45, 2.75) is 30.2 Å². The molecule has 1 saturated heterocycles. The number of hydrogen-bond acceptors (Lipinski definition) is 7. The Hall–Kier alpha value is -4.09. The first-order valence-corrected chi connectivity index (χ1v) is 13.6. The fourth-order valence-corrected chi connectivity index (χ4v) is 6.43. The number of carbonyl (C=O) groups is 1. The van der Waals surface area contributed by atoms with Gasteiger partial charge in [0.05, 0.1) is 22.7 Å². The van der Waals surface area contributed by atoms with E-state index in [-0.39, 0.29) is 16.8 Å². The summed E-state index contributed by atoms with van der Waals surface area (Å²) in [5.74, 6) is -0.0660. The molecule has 5 heterocycles. The number of carbonyl (C=O) groups excluding carboxylic acids is 1. The number of rotatable bonds is 7. The van der Waals surface area contributed by atoms with Gasteiger partial charge in [-0.1, -0.05) is 18.2 Å². The molecule has 1 atom stereocenters. The Bertz CT molecular complexity index is 1700. The van der Waals surface area contributed by atoms with E-state index >= 15 is 0 Å². The van der Waals surface area contributed by atoms with Crippen molar-refractivity contribution >= 4 is 32.5 Å². The standard InChI is InChI=1S/C26H25N7O3S/c34-26(23-8-4-12-27-23)29-14-10-18-16-21-20(22-17-31-33-24(22)9-5-13-30-33)11-15-28-25(21)32(18)37(35,36)19-6-2-1-3-7-19/h1-3,5-7,9,11,13,15-17,23,27H,4,8,10,12,14H2,(H,29,34)/t23-/m0/s1. The summed E-state index contributed by atoms with van der Waals surface area (Å²) in [6, 6.07) is 15.5. The van der Waals surface area contributed by atoms with E-state index in [0.717, 1.165) is 36.0 Å². The number of nitrogens with one attached hydrogen (secondary N) is 2. The van der Waals surface area contributed by atoms with Crippen molar-refractivity contribution in [2.24, 2.45) is 0 Å². The first-order valence-electron chi connectivity index (χ1n) is 12.1. The van der Waals surface area contributed by atoms with Crippen LogP contribution in [0.5, 0.6) is 0 Å². The lowest BCUT2D eigenvalue weighted by atomic mass is 10.1. The van der Waals surface area contributed by atoms with E-state index in [2.05, 4.69) is 25.8 Å². The number of benzene rings is 1. The second-order valence-electron chi connectivity index (χ2n) is 8.96. The van der Waals surface area contributed by atoms with Gasteiger partial charge in [0, 0.05) is 42.0 Å². The van der Waals surface area contributed by atoms with Crippen molar-refractivity contribution in [3.05, 3.63) is 78.9 Å². The summed E-state index contributed by atoms with van der Waals surface area (Å²) in [4.78, 5) is 17.2. The minimum atomic E-state index is -3.95. The highest BCUT2D eigenvalue weighted by molar-refractivity contribution is 7.90. The van der Waals surface area contributed by atoms with Crippen LogP contribution in [0.4, 0.5) is 0 Å². The fraction of sp³-hybridized carbons (Fsp3) is 0.231. The molecule has 1 amide bonds. The Kier molecular flexibility index (Phi) is 5.93. The van der Waals surface area contributed by atoms with Gasteiger partial charge in [-0.25, -0.2) is 17.4 Å². The monoisotopic (exact) mass is 515 g/mol. The third kappa shape index (κ3) is 4.15. The van der Waals surface area contributed by atoms with Crippen molar-refractivity contribution < 1.29 is 13.2 Å². The lowest BCUT2D eigenvalue weighted by Crippen LogP contribution is -2.41. The van der Waals surface area contributed by atoms with Gasteiger partial charge in [0.15, 0.2) is 5.65 Å². The highest BCUT2D eigenvalue weighted by Gasteiger charge is 2.26. The first-order chi connectivity index (χ1) is 18.0. The summed E-state index contributed by atoms with van der Waals surface area (Å²) in [6.07, 6.45) is 7.06. The molecule has 0 bridgehead atoms. The molecule has 1 aliphatic heterocycles. The highest BCUT2D eigenvalue weighted by Crippen LogP contribution is 2.34. The van der Waals surface area contributed by atoms with Crippen molar-refractivity contribution in [3.8, 4) is 11.1 Å². The molecule has 1 aromatic carbocycles. The van der Waals surface area contributed by atoms with Crippen LogP contribution in [0.1, 0.15) is 18.5 Å². The summed E-state index contributed by atoms with van der Waals surface area (Å²) >= 11 is 0. The maximum Gasteiger partial charge on any atom is 0.269 e. The lowest BCUT2D eigenvalue weighted by molar-refractivity contribution is -0.122. The topological polar surface area (TPSA) is 123 Å². The van der Waals surface area contributed by atoms with E-state index in [1.54, 1.807) is 48.9 Å². The molecular weight excluding hydrogens is 490 g/mol. The number of hydrogen-bond donors (Lipinski definition) is 2. The average molecular weight is 516 g/mol. The Morgan fingerprint density at radius 3 is 2.73 bits per heavy atom. The van der Waals surface area contributed by atoms with Gasteiger partial charge < -0.3 is 10.6 Å². The van der Waals surface area contributed by atoms with Gasteiger partial charge in [0.25, 0.3) is 10.0 Å². The van der Waals surface area contributed by atoms with E-state index < -0.39 is 10.0 Å². The molecule has 11 heteroatoms. The quantitative estimate of drug-likeness (QED) is 0.341. The van der Waals surface area contributed by atoms with Crippen LogP contribution >= 0.6 is 0 Å². The number of aromatic nitrogens is 5. The van der Waals surface area contributed by atoms with Crippen molar-refractivity contribution in [1.29, 1.82) is 0 Å². The molecule has 10 nitrogen and oxygen atoms in total. The normalized spacial score (nSPS) is 15.9. The zero-order valence-electron chi connectivity index (χ0n) is 19.9. The van der Waals surface area contributed by atoms with E-state index in [0.29, 0.717) is 29.7 Å². The van der Waals surface area contributed by atoms with Crippen LogP contribution in [-0.4, -0.2) is 57.2 Å². The van der Waals surface area contributed by atoms with Gasteiger partial charge in [-0.2, -0.15) is 14.8 Å². The maximum atomic E-state index is 13.8. The van der Waals surface area contributed by atoms with Crippen molar-refractivity contribution in [3.63, 3.8) is 0 Å². The van der Waals surface area contributed by atoms with Gasteiger partial charge in [-0.15, -0.1) is 0 Å². The number of nitrogens with zero attached hydrogens (tertiary/aromatic N) is 5. The van der Waals surface area contributed by atoms with Crippen LogP contribution in [0.25, 0.3) is 27.7 Å². The van der Waals surface area contributed by atoms with Gasteiger partial charge in [0.1, 0.15) is 0 Å². The predicted octanol–water partition coefficient (Wildman–Crippen LogP) is 2.39. The summed E-state index contributed by atoms with van der Waals surface area (Å²) in [6.45, 7) is 1.13. The van der Waals surface area contributed by atoms with Crippen molar-refractivity contribution in [1.82, 2.24) is 34.4 Å². The third-order valence-electron chi connectivity index (χ3n) is 6.67. The van der Waals surface area contributed by atoms with Gasteiger partial charge in [-0.3, -0.25) is 4.79 Å². The minimum Gasteiger partial charge on any atom is -0.354 e. The first kappa shape index (κ1) is 23.3. The molecule has 4 aromatic heterocycles. The van der Waals surface area contributed by atoms with E-state index in [1.165, 1.54) is 8.60 Å². The molecule has 1 aliphatic rings. The molecule has 188 valence electrons. The molecular formula is C26H25N7O3S. The minimum absolute atomic E-state index is 0.0660. The number of amides is 1. The summed E-state index contributed by atoms with van der Waals surface area (Å²) in [7, 11) is -3.95. The zero-order valence-corrected chi connectivity index (χ0v) is 20.7. The average Bonchev–Trinajstić information content (AvgIpc) is 3.67. The van der Waals surface area contributed by atoms with Crippen LogP contribution in [0.15, 0.2) is 78.1 Å². The number of fused-ring (bicyclic) bond motifs is 2. The summed E-state index contributed by atoms with van der Waals surface area (Å²) in [5.41, 5.74) is 3.28. The molecule has 0 aliphatic carbocycles. The maximum absolute atomic E-state index is 13.8. The van der Waals surface area contributed by atoms with E-state index in [1.807, 2.05) is 24.3 Å². The Balaban J connectivity index is 1.46. The molecule has 0 radical (unpaired) electrons. The SMILES string of the molecule is O=C(NCCc1cc2c(-c3cnn4ncccc34)ccnc2n1S(=O)(=O)c1ccccc1)[C@@H]1CCCN1. The lowest BCUT2D eigenvalue weighted by Gasteiger charge is -2.13. The van der Waals surface area contributed by atoms with E-state index in [4.69, 9.17) is 0 Å². The van der Waals surface area contributed by atoms with Gasteiger partial charge in [0.2, 0.25) is 5.91 Å². The van der Waals surface area contributed by atoms with Crippen LogP contribution in [0.2, 0.25) is 0 Å². The third-order valence-corrected chi connectivity index (χ3v) is 8.42. The van der Waals surface area contributed by atoms with Crippen LogP contribution in [0, 0.1) is 0 Å². The predicted molar refractivity (Wildman–Crippen MR) is 138 cm³/mol. The van der Waals surface area contributed by atoms with Crippen molar-refractivity contribution in [2.75, 3.05) is 13.1 Å². The molecule has 5 aromatic rings. The molecule has 6 rings (SSSR count). The van der Waals surface area contributed by atoms with Crippen LogP contribution < -0.4 is 10.6 Å². The molecule has 0 saturated carbocycles. The second kappa shape index (κ2) is 9.41. The Morgan fingerprint density at radius 1 is 1.05 bits per heavy atom. The Labute approximate surface area is 213 Å². The summed E-state index contributed by atoms with van der Waals surface area (Å²) < 4.78 is 30.5. The second-order valence-corrected chi connectivity index (χ2v) is 10.7. The number of pyridine rings is 1. The molecule has 0 unspecified atom stereocenters. The van der Waals surface area contributed by atoms with Gasteiger partial charge >= 0.3 is 0 Å². The molecule has 37 heavy (non-hydrogen) atoms. The highest BCUT2D eigenvalue weighted by atomic mass is 32.2. The van der Waals surface area contributed by atoms with Crippen LogP contribution in [-0.2, 0) is 21.2 Å². The van der Waals surface area contributed by atoms with Gasteiger partial charge in [-0.05, 0) is 61.3 Å². The fourth-order valence-electron chi connectivity index (χ4n) is 4.89.